The topological polar surface area (TPSA) is 41.2 Å². The van der Waals surface area contributed by atoms with Crippen molar-refractivity contribution in [2.75, 3.05) is 18.0 Å². The number of rotatable bonds is 2. The first kappa shape index (κ1) is 14.3. The normalized spacial score (nSPS) is 21.7. The van der Waals surface area contributed by atoms with E-state index in [4.69, 9.17) is 4.74 Å². The lowest BCUT2D eigenvalue weighted by molar-refractivity contribution is -0.00521. The molecule has 0 amide bonds. The zero-order valence-corrected chi connectivity index (χ0v) is 13.5. The zero-order chi connectivity index (χ0) is 15.8. The summed E-state index contributed by atoms with van der Waals surface area (Å²) in [6.07, 6.45) is 4.40. The van der Waals surface area contributed by atoms with Crippen molar-refractivity contribution in [1.82, 2.24) is 9.97 Å². The predicted octanol–water partition coefficient (Wildman–Crippen LogP) is 3.84. The van der Waals surface area contributed by atoms with E-state index < -0.39 is 0 Å². The summed E-state index contributed by atoms with van der Waals surface area (Å²) in [7, 11) is 0. The van der Waals surface area contributed by atoms with E-state index in [-0.39, 0.29) is 12.2 Å². The van der Waals surface area contributed by atoms with Gasteiger partial charge in [-0.3, -0.25) is 0 Å². The Labute approximate surface area is 136 Å². The highest BCUT2D eigenvalue weighted by Gasteiger charge is 2.22. The molecule has 1 saturated heterocycles. The Hall–Kier alpha value is -2.33. The van der Waals surface area contributed by atoms with Crippen LogP contribution in [0, 0.1) is 0 Å². The number of H-pyrrole nitrogens is 1. The first-order valence-electron chi connectivity index (χ1n) is 8.13. The Morgan fingerprint density at radius 1 is 1.04 bits per heavy atom. The summed E-state index contributed by atoms with van der Waals surface area (Å²) in [6, 6.07) is 13.0. The molecule has 0 bridgehead atoms. The molecule has 0 aliphatic carbocycles. The van der Waals surface area contributed by atoms with Crippen LogP contribution in [-0.2, 0) is 4.74 Å². The summed E-state index contributed by atoms with van der Waals surface area (Å²) in [6.45, 7) is 6.16. The van der Waals surface area contributed by atoms with Gasteiger partial charge < -0.3 is 14.6 Å². The second-order valence-electron chi connectivity index (χ2n) is 6.35. The molecule has 0 unspecified atom stereocenters. The lowest BCUT2D eigenvalue weighted by Gasteiger charge is -2.36. The van der Waals surface area contributed by atoms with Crippen LogP contribution in [0.4, 0.5) is 5.69 Å². The minimum absolute atomic E-state index is 0.277. The molecule has 0 radical (unpaired) electrons. The van der Waals surface area contributed by atoms with E-state index in [0.29, 0.717) is 0 Å². The van der Waals surface area contributed by atoms with E-state index in [1.165, 1.54) is 11.3 Å². The molecule has 3 aromatic rings. The van der Waals surface area contributed by atoms with Gasteiger partial charge in [-0.15, -0.1) is 0 Å². The molecule has 4 rings (SSSR count). The van der Waals surface area contributed by atoms with E-state index >= 15 is 0 Å². The summed E-state index contributed by atoms with van der Waals surface area (Å²) < 4.78 is 5.81. The highest BCUT2D eigenvalue weighted by molar-refractivity contribution is 5.81. The highest BCUT2D eigenvalue weighted by atomic mass is 16.5. The molecule has 1 aliphatic heterocycles. The number of anilines is 1. The number of fused-ring (bicyclic) bond motifs is 1. The van der Waals surface area contributed by atoms with Gasteiger partial charge in [-0.2, -0.15) is 0 Å². The van der Waals surface area contributed by atoms with Gasteiger partial charge in [0.2, 0.25) is 0 Å². The molecule has 1 aromatic carbocycles. The van der Waals surface area contributed by atoms with Gasteiger partial charge in [0.1, 0.15) is 5.65 Å². The number of nitrogens with zero attached hydrogens (tertiary/aromatic N) is 2. The second-order valence-corrected chi connectivity index (χ2v) is 6.35. The van der Waals surface area contributed by atoms with Gasteiger partial charge >= 0.3 is 0 Å². The summed E-state index contributed by atoms with van der Waals surface area (Å²) in [5.41, 5.74) is 4.53. The fourth-order valence-corrected chi connectivity index (χ4v) is 3.35. The van der Waals surface area contributed by atoms with Crippen LogP contribution in [0.3, 0.4) is 0 Å². The SMILES string of the molecule is C[C@@H]1CN(c2ccc(-c3cnc4[nH]ccc4c3)cc2)C[C@@H](C)O1. The van der Waals surface area contributed by atoms with Crippen molar-refractivity contribution in [2.45, 2.75) is 26.1 Å². The fraction of sp³-hybridized carbons (Fsp3) is 0.316. The molecule has 4 nitrogen and oxygen atoms in total. The monoisotopic (exact) mass is 307 g/mol. The van der Waals surface area contributed by atoms with Crippen molar-refractivity contribution in [3.05, 3.63) is 48.8 Å². The number of pyridine rings is 1. The number of aromatic amines is 1. The van der Waals surface area contributed by atoms with Gasteiger partial charge in [-0.1, -0.05) is 12.1 Å². The molecular weight excluding hydrogens is 286 g/mol. The van der Waals surface area contributed by atoms with Crippen molar-refractivity contribution < 1.29 is 4.74 Å². The van der Waals surface area contributed by atoms with Gasteiger partial charge in [0.25, 0.3) is 0 Å². The quantitative estimate of drug-likeness (QED) is 0.782. The lowest BCUT2D eigenvalue weighted by atomic mass is 10.1. The van der Waals surface area contributed by atoms with Crippen molar-refractivity contribution in [3.8, 4) is 11.1 Å². The lowest BCUT2D eigenvalue weighted by Crippen LogP contribution is -2.45. The molecule has 0 saturated carbocycles. The number of benzene rings is 1. The van der Waals surface area contributed by atoms with Gasteiger partial charge in [0.15, 0.2) is 0 Å². The first-order chi connectivity index (χ1) is 11.2. The third-order valence-electron chi connectivity index (χ3n) is 4.39. The summed E-state index contributed by atoms with van der Waals surface area (Å²) in [4.78, 5) is 10.00. The van der Waals surface area contributed by atoms with Crippen LogP contribution in [0.1, 0.15) is 13.8 Å². The maximum Gasteiger partial charge on any atom is 0.137 e. The third kappa shape index (κ3) is 2.82. The summed E-state index contributed by atoms with van der Waals surface area (Å²) >= 11 is 0. The second kappa shape index (κ2) is 5.70. The van der Waals surface area contributed by atoms with E-state index in [2.05, 4.69) is 65.1 Å². The molecule has 3 heterocycles. The van der Waals surface area contributed by atoms with E-state index in [9.17, 15) is 0 Å². The largest absolute Gasteiger partial charge is 0.372 e. The molecule has 23 heavy (non-hydrogen) atoms. The molecule has 4 heteroatoms. The molecule has 1 fully saturated rings. The summed E-state index contributed by atoms with van der Waals surface area (Å²) in [5, 5.41) is 1.14. The Morgan fingerprint density at radius 3 is 2.52 bits per heavy atom. The van der Waals surface area contributed by atoms with Crippen molar-refractivity contribution in [2.24, 2.45) is 0 Å². The third-order valence-corrected chi connectivity index (χ3v) is 4.39. The molecule has 0 spiro atoms. The Bertz CT molecular complexity index is 799. The van der Waals surface area contributed by atoms with Crippen molar-refractivity contribution in [1.29, 1.82) is 0 Å². The van der Waals surface area contributed by atoms with Crippen molar-refractivity contribution >= 4 is 16.7 Å². The molecule has 118 valence electrons. The standard InChI is InChI=1S/C19H21N3O/c1-13-11-22(12-14(2)23-13)18-5-3-15(4-6-18)17-9-16-7-8-20-19(16)21-10-17/h3-10,13-14H,11-12H2,1-2H3,(H,20,21)/t13-,14-/m1/s1. The average molecular weight is 307 g/mol. The van der Waals surface area contributed by atoms with Gasteiger partial charge in [-0.05, 0) is 43.7 Å². The summed E-state index contributed by atoms with van der Waals surface area (Å²) in [5.74, 6) is 0. The number of aromatic nitrogens is 2. The van der Waals surface area contributed by atoms with E-state index in [1.807, 2.05) is 12.4 Å². The molecule has 1 N–H and O–H groups in total. The number of morpholine rings is 1. The minimum Gasteiger partial charge on any atom is -0.372 e. The Kier molecular flexibility index (Phi) is 3.54. The van der Waals surface area contributed by atoms with Crippen LogP contribution in [0.25, 0.3) is 22.2 Å². The smallest absolute Gasteiger partial charge is 0.137 e. The van der Waals surface area contributed by atoms with Crippen LogP contribution in [-0.4, -0.2) is 35.3 Å². The van der Waals surface area contributed by atoms with E-state index in [1.54, 1.807) is 0 Å². The predicted molar refractivity (Wildman–Crippen MR) is 93.8 cm³/mol. The van der Waals surface area contributed by atoms with Crippen LogP contribution in [0.15, 0.2) is 48.8 Å². The maximum absolute atomic E-state index is 5.81. The van der Waals surface area contributed by atoms with E-state index in [0.717, 1.165) is 29.7 Å². The van der Waals surface area contributed by atoms with Gasteiger partial charge in [-0.25, -0.2) is 4.98 Å². The Morgan fingerprint density at radius 2 is 1.78 bits per heavy atom. The average Bonchev–Trinajstić information content (AvgIpc) is 3.01. The van der Waals surface area contributed by atoms with Crippen molar-refractivity contribution in [3.63, 3.8) is 0 Å². The van der Waals surface area contributed by atoms with Crippen LogP contribution < -0.4 is 4.90 Å². The van der Waals surface area contributed by atoms with Gasteiger partial charge in [0, 0.05) is 42.1 Å². The molecule has 1 aliphatic rings. The number of hydrogen-bond donors (Lipinski definition) is 1. The number of nitrogens with one attached hydrogen (secondary N) is 1. The van der Waals surface area contributed by atoms with Gasteiger partial charge in [0.05, 0.1) is 12.2 Å². The van der Waals surface area contributed by atoms with Crippen LogP contribution in [0.5, 0.6) is 0 Å². The highest BCUT2D eigenvalue weighted by Crippen LogP contribution is 2.26. The number of hydrogen-bond acceptors (Lipinski definition) is 3. The minimum atomic E-state index is 0.277. The molecular formula is C19H21N3O. The maximum atomic E-state index is 5.81. The van der Waals surface area contributed by atoms with Crippen LogP contribution in [0.2, 0.25) is 0 Å². The first-order valence-corrected chi connectivity index (χ1v) is 8.13. The molecule has 2 atom stereocenters. The molecule has 2 aromatic heterocycles. The zero-order valence-electron chi connectivity index (χ0n) is 13.5. The Balaban J connectivity index is 1.59. The fourth-order valence-electron chi connectivity index (χ4n) is 3.35. The number of ether oxygens (including phenoxy) is 1. The van der Waals surface area contributed by atoms with Crippen LogP contribution >= 0.6 is 0 Å².